The number of carbonyl (C=O) groups excluding carboxylic acids is 1. The van der Waals surface area contributed by atoms with Gasteiger partial charge in [-0.05, 0) is 37.3 Å². The molecule has 1 N–H and O–H groups in total. The van der Waals surface area contributed by atoms with E-state index >= 15 is 0 Å². The molecule has 1 aliphatic heterocycles. The van der Waals surface area contributed by atoms with Crippen LogP contribution < -0.4 is 5.32 Å². The van der Waals surface area contributed by atoms with Crippen LogP contribution in [0.4, 0.5) is 5.69 Å². The number of rotatable bonds is 4. The third-order valence-electron chi connectivity index (χ3n) is 3.55. The summed E-state index contributed by atoms with van der Waals surface area (Å²) in [5.74, 6) is 0.438. The van der Waals surface area contributed by atoms with Gasteiger partial charge in [0.05, 0.1) is 28.6 Å². The minimum Gasteiger partial charge on any atom is -0.468 e. The lowest BCUT2D eigenvalue weighted by Gasteiger charge is -2.23. The molecule has 0 spiro atoms. The highest BCUT2D eigenvalue weighted by Gasteiger charge is 2.27. The number of amides is 1. The first kappa shape index (κ1) is 16.1. The zero-order valence-corrected chi connectivity index (χ0v) is 14.3. The number of sulfonamides is 1. The second kappa shape index (κ2) is 6.03. The second-order valence-corrected chi connectivity index (χ2v) is 8.68. The highest BCUT2D eigenvalue weighted by molar-refractivity contribution is 8.01. The highest BCUT2D eigenvalue weighted by atomic mass is 32.2. The maximum absolute atomic E-state index is 12.7. The van der Waals surface area contributed by atoms with Crippen molar-refractivity contribution in [2.24, 2.45) is 0 Å². The fourth-order valence-corrected chi connectivity index (χ4v) is 4.33. The Hall–Kier alpha value is -1.77. The maximum atomic E-state index is 12.7. The van der Waals surface area contributed by atoms with E-state index in [1.165, 1.54) is 35.4 Å². The van der Waals surface area contributed by atoms with Crippen LogP contribution in [0.25, 0.3) is 0 Å². The number of fused-ring (bicyclic) bond motifs is 1. The van der Waals surface area contributed by atoms with Crippen LogP contribution in [0.1, 0.15) is 12.7 Å². The first-order chi connectivity index (χ1) is 10.9. The lowest BCUT2D eigenvalue weighted by Crippen LogP contribution is -2.28. The molecule has 0 saturated heterocycles. The molecule has 0 radical (unpaired) electrons. The summed E-state index contributed by atoms with van der Waals surface area (Å²) >= 11 is 1.42. The lowest BCUT2D eigenvalue weighted by molar-refractivity contribution is -0.115. The molecular weight excluding hydrogens is 336 g/mol. The van der Waals surface area contributed by atoms with Crippen molar-refractivity contribution in [3.05, 3.63) is 42.4 Å². The largest absolute Gasteiger partial charge is 0.468 e. The second-order valence-electron chi connectivity index (χ2n) is 5.25. The lowest BCUT2D eigenvalue weighted by atomic mass is 10.3. The van der Waals surface area contributed by atoms with Gasteiger partial charge in [-0.15, -0.1) is 11.8 Å². The standard InChI is InChI=1S/C15H16N2O4S2/c1-10-15(18)16-13-8-12(5-6-14(13)22-10)23(19,20)17(2)9-11-4-3-7-21-11/h3-8,10H,9H2,1-2H3,(H,16,18)/t10-/m1/s1. The monoisotopic (exact) mass is 352 g/mol. The molecule has 1 amide bonds. The number of carbonyl (C=O) groups is 1. The molecule has 3 rings (SSSR count). The third-order valence-corrected chi connectivity index (χ3v) is 6.53. The maximum Gasteiger partial charge on any atom is 0.243 e. The number of hydrogen-bond acceptors (Lipinski definition) is 5. The van der Waals surface area contributed by atoms with Crippen molar-refractivity contribution in [3.63, 3.8) is 0 Å². The first-order valence-electron chi connectivity index (χ1n) is 6.98. The van der Waals surface area contributed by atoms with Crippen LogP contribution >= 0.6 is 11.8 Å². The summed E-state index contributed by atoms with van der Waals surface area (Å²) in [6, 6.07) is 8.22. The van der Waals surface area contributed by atoms with Gasteiger partial charge in [0.1, 0.15) is 5.76 Å². The van der Waals surface area contributed by atoms with Crippen LogP contribution in [0, 0.1) is 0 Å². The van der Waals surface area contributed by atoms with E-state index < -0.39 is 10.0 Å². The Morgan fingerprint density at radius 1 is 1.35 bits per heavy atom. The van der Waals surface area contributed by atoms with Crippen LogP contribution in [0.15, 0.2) is 50.8 Å². The number of anilines is 1. The van der Waals surface area contributed by atoms with Gasteiger partial charge >= 0.3 is 0 Å². The molecule has 2 heterocycles. The van der Waals surface area contributed by atoms with Gasteiger partial charge in [-0.2, -0.15) is 4.31 Å². The number of furan rings is 1. The van der Waals surface area contributed by atoms with Crippen molar-refractivity contribution < 1.29 is 17.6 Å². The van der Waals surface area contributed by atoms with Gasteiger partial charge in [-0.1, -0.05) is 0 Å². The van der Waals surface area contributed by atoms with Crippen molar-refractivity contribution in [3.8, 4) is 0 Å². The van der Waals surface area contributed by atoms with Gasteiger partial charge in [0.2, 0.25) is 15.9 Å². The average Bonchev–Trinajstić information content (AvgIpc) is 3.00. The third kappa shape index (κ3) is 3.15. The van der Waals surface area contributed by atoms with Crippen LogP contribution in [0.2, 0.25) is 0 Å². The molecule has 0 bridgehead atoms. The Morgan fingerprint density at radius 2 is 2.13 bits per heavy atom. The van der Waals surface area contributed by atoms with Crippen LogP contribution in [-0.4, -0.2) is 30.9 Å². The Balaban J connectivity index is 1.88. The van der Waals surface area contributed by atoms with Crippen molar-refractivity contribution in [1.29, 1.82) is 0 Å². The fraction of sp³-hybridized carbons (Fsp3) is 0.267. The summed E-state index contributed by atoms with van der Waals surface area (Å²) in [5.41, 5.74) is 0.533. The predicted molar refractivity (Wildman–Crippen MR) is 87.8 cm³/mol. The van der Waals surface area contributed by atoms with Crippen molar-refractivity contribution in [2.75, 3.05) is 12.4 Å². The number of nitrogens with zero attached hydrogens (tertiary/aromatic N) is 1. The Morgan fingerprint density at radius 3 is 2.83 bits per heavy atom. The number of hydrogen-bond donors (Lipinski definition) is 1. The zero-order chi connectivity index (χ0) is 16.6. The molecule has 0 fully saturated rings. The number of benzene rings is 1. The van der Waals surface area contributed by atoms with Crippen LogP contribution in [0.5, 0.6) is 0 Å². The van der Waals surface area contributed by atoms with E-state index in [4.69, 9.17) is 4.42 Å². The highest BCUT2D eigenvalue weighted by Crippen LogP contribution is 2.37. The smallest absolute Gasteiger partial charge is 0.243 e. The minimum absolute atomic E-state index is 0.124. The van der Waals surface area contributed by atoms with Crippen LogP contribution in [-0.2, 0) is 21.4 Å². The molecule has 2 aromatic rings. The molecule has 6 nitrogen and oxygen atoms in total. The minimum atomic E-state index is -3.67. The Labute approximate surface area is 138 Å². The molecule has 1 aliphatic rings. The van der Waals surface area contributed by atoms with Gasteiger partial charge in [-0.3, -0.25) is 4.79 Å². The number of nitrogens with one attached hydrogen (secondary N) is 1. The SMILES string of the molecule is C[C@H]1Sc2ccc(S(=O)(=O)N(C)Cc3ccco3)cc2NC1=O. The molecule has 0 unspecified atom stereocenters. The molecule has 23 heavy (non-hydrogen) atoms. The summed E-state index contributed by atoms with van der Waals surface area (Å²) in [7, 11) is -2.17. The predicted octanol–water partition coefficient (Wildman–Crippen LogP) is 2.53. The zero-order valence-electron chi connectivity index (χ0n) is 12.6. The molecule has 1 aromatic heterocycles. The van der Waals surface area contributed by atoms with Crippen LogP contribution in [0.3, 0.4) is 0 Å². The topological polar surface area (TPSA) is 79.6 Å². The number of thioether (sulfide) groups is 1. The molecule has 1 aromatic carbocycles. The summed E-state index contributed by atoms with van der Waals surface area (Å²) in [6.07, 6.45) is 1.50. The Kier molecular flexibility index (Phi) is 4.22. The van der Waals surface area contributed by atoms with E-state index in [0.29, 0.717) is 11.4 Å². The molecule has 8 heteroatoms. The summed E-state index contributed by atoms with van der Waals surface area (Å²) < 4.78 is 31.7. The van der Waals surface area contributed by atoms with E-state index in [2.05, 4.69) is 5.32 Å². The summed E-state index contributed by atoms with van der Waals surface area (Å²) in [5, 5.41) is 2.56. The van der Waals surface area contributed by atoms with Crippen molar-refractivity contribution in [2.45, 2.75) is 28.5 Å². The van der Waals surface area contributed by atoms with E-state index in [0.717, 1.165) is 4.90 Å². The van der Waals surface area contributed by atoms with E-state index in [1.807, 2.05) is 6.92 Å². The van der Waals surface area contributed by atoms with Gasteiger partial charge in [0.15, 0.2) is 0 Å². The van der Waals surface area contributed by atoms with E-state index in [-0.39, 0.29) is 22.6 Å². The quantitative estimate of drug-likeness (QED) is 0.915. The van der Waals surface area contributed by atoms with Gasteiger partial charge in [0, 0.05) is 11.9 Å². The molecule has 122 valence electrons. The van der Waals surface area contributed by atoms with Gasteiger partial charge in [0.25, 0.3) is 0 Å². The average molecular weight is 352 g/mol. The van der Waals surface area contributed by atoms with Gasteiger partial charge < -0.3 is 9.73 Å². The summed E-state index contributed by atoms with van der Waals surface area (Å²) in [6.45, 7) is 1.95. The molecule has 0 aliphatic carbocycles. The van der Waals surface area contributed by atoms with Gasteiger partial charge in [-0.25, -0.2) is 8.42 Å². The molecule has 1 atom stereocenters. The summed E-state index contributed by atoms with van der Waals surface area (Å²) in [4.78, 5) is 12.8. The van der Waals surface area contributed by atoms with Crippen molar-refractivity contribution >= 4 is 33.4 Å². The van der Waals surface area contributed by atoms with E-state index in [9.17, 15) is 13.2 Å². The molecule has 0 saturated carbocycles. The molecular formula is C15H16N2O4S2. The Bertz CT molecular complexity index is 831. The normalized spacial score (nSPS) is 17.9. The van der Waals surface area contributed by atoms with Crippen molar-refractivity contribution in [1.82, 2.24) is 4.31 Å². The first-order valence-corrected chi connectivity index (χ1v) is 9.30. The fourth-order valence-electron chi connectivity index (χ4n) is 2.24. The van der Waals surface area contributed by atoms with E-state index in [1.54, 1.807) is 24.3 Å².